The topological polar surface area (TPSA) is 12.0 Å². The van der Waals surface area contributed by atoms with E-state index in [4.69, 9.17) is 0 Å². The minimum absolute atomic E-state index is 0.765. The molecule has 0 bridgehead atoms. The normalized spacial score (nSPS) is 34.2. The van der Waals surface area contributed by atoms with Crippen LogP contribution in [-0.2, 0) is 0 Å². The van der Waals surface area contributed by atoms with E-state index in [2.05, 4.69) is 52.4 Å². The molecule has 2 atom stereocenters. The molecule has 19 heavy (non-hydrogen) atoms. The molecule has 0 radical (unpaired) electrons. The molecule has 1 N–H and O–H groups in total. The lowest BCUT2D eigenvalue weighted by Gasteiger charge is -2.37. The maximum Gasteiger partial charge on any atom is 0.0175 e. The first-order chi connectivity index (χ1) is 9.22. The Morgan fingerprint density at radius 2 is 1.89 bits per heavy atom. The van der Waals surface area contributed by atoms with Crippen LogP contribution in [0.5, 0.6) is 0 Å². The van der Waals surface area contributed by atoms with Crippen molar-refractivity contribution in [3.63, 3.8) is 0 Å². The Labute approximate surface area is 125 Å². The fourth-order valence-corrected chi connectivity index (χ4v) is 3.90. The quantitative estimate of drug-likeness (QED) is 0.846. The SMILES string of the molecule is CC1CCCC1CNC1CC(c2ccc(Br)cc2)C1. The molecule has 2 aliphatic carbocycles. The predicted molar refractivity (Wildman–Crippen MR) is 84.4 cm³/mol. The predicted octanol–water partition coefficient (Wildman–Crippen LogP) is 4.72. The standard InChI is InChI=1S/C17H24BrN/c1-12-3-2-4-14(12)11-19-17-9-15(10-17)13-5-7-16(18)8-6-13/h5-8,12,14-15,17,19H,2-4,9-11H2,1H3. The highest BCUT2D eigenvalue weighted by Crippen LogP contribution is 2.38. The number of benzene rings is 1. The molecule has 2 aliphatic rings. The second-order valence-corrected chi connectivity index (χ2v) is 7.41. The minimum Gasteiger partial charge on any atom is -0.314 e. The molecule has 3 rings (SSSR count). The number of nitrogens with one attached hydrogen (secondary N) is 1. The zero-order valence-electron chi connectivity index (χ0n) is 11.7. The molecule has 2 fully saturated rings. The largest absolute Gasteiger partial charge is 0.314 e. The fourth-order valence-electron chi connectivity index (χ4n) is 3.64. The summed E-state index contributed by atoms with van der Waals surface area (Å²) in [4.78, 5) is 0. The molecular formula is C17H24BrN. The lowest BCUT2D eigenvalue weighted by atomic mass is 9.75. The molecule has 2 heteroatoms. The van der Waals surface area contributed by atoms with Crippen molar-refractivity contribution in [3.05, 3.63) is 34.3 Å². The van der Waals surface area contributed by atoms with E-state index < -0.39 is 0 Å². The lowest BCUT2D eigenvalue weighted by molar-refractivity contribution is 0.264. The third kappa shape index (κ3) is 3.22. The molecule has 0 saturated heterocycles. The monoisotopic (exact) mass is 321 g/mol. The maximum absolute atomic E-state index is 3.79. The average molecular weight is 322 g/mol. The van der Waals surface area contributed by atoms with Gasteiger partial charge in [-0.2, -0.15) is 0 Å². The Morgan fingerprint density at radius 3 is 2.53 bits per heavy atom. The zero-order valence-corrected chi connectivity index (χ0v) is 13.3. The molecule has 0 aromatic heterocycles. The Morgan fingerprint density at radius 1 is 1.16 bits per heavy atom. The van der Waals surface area contributed by atoms with Gasteiger partial charge < -0.3 is 5.32 Å². The van der Waals surface area contributed by atoms with Gasteiger partial charge in [0, 0.05) is 10.5 Å². The summed E-state index contributed by atoms with van der Waals surface area (Å²) in [5.74, 6) is 2.66. The summed E-state index contributed by atoms with van der Waals surface area (Å²) < 4.78 is 1.18. The molecule has 1 nitrogen and oxygen atoms in total. The Bertz CT molecular complexity index is 408. The van der Waals surface area contributed by atoms with Crippen LogP contribution in [0.2, 0.25) is 0 Å². The highest BCUT2D eigenvalue weighted by Gasteiger charge is 2.31. The van der Waals surface area contributed by atoms with Gasteiger partial charge in [-0.3, -0.25) is 0 Å². The summed E-state index contributed by atoms with van der Waals surface area (Å²) in [7, 11) is 0. The van der Waals surface area contributed by atoms with Crippen LogP contribution in [0.25, 0.3) is 0 Å². The first kappa shape index (κ1) is 13.6. The van der Waals surface area contributed by atoms with Crippen molar-refractivity contribution in [2.24, 2.45) is 11.8 Å². The Hall–Kier alpha value is -0.340. The van der Waals surface area contributed by atoms with Crippen molar-refractivity contribution < 1.29 is 0 Å². The highest BCUT2D eigenvalue weighted by atomic mass is 79.9. The van der Waals surface area contributed by atoms with Gasteiger partial charge in [0.05, 0.1) is 0 Å². The van der Waals surface area contributed by atoms with E-state index in [0.29, 0.717) is 0 Å². The summed E-state index contributed by atoms with van der Waals surface area (Å²) in [6, 6.07) is 9.63. The Kier molecular flexibility index (Phi) is 4.28. The van der Waals surface area contributed by atoms with Crippen molar-refractivity contribution in [3.8, 4) is 0 Å². The van der Waals surface area contributed by atoms with Gasteiger partial charge in [0.2, 0.25) is 0 Å². The van der Waals surface area contributed by atoms with E-state index in [-0.39, 0.29) is 0 Å². The van der Waals surface area contributed by atoms with Crippen molar-refractivity contribution in [1.29, 1.82) is 0 Å². The van der Waals surface area contributed by atoms with Crippen LogP contribution in [0.1, 0.15) is 50.5 Å². The first-order valence-electron chi connectivity index (χ1n) is 7.71. The lowest BCUT2D eigenvalue weighted by Crippen LogP contribution is -2.42. The third-order valence-electron chi connectivity index (χ3n) is 5.19. The molecule has 0 heterocycles. The molecule has 0 amide bonds. The molecule has 2 unspecified atom stereocenters. The van der Waals surface area contributed by atoms with Gasteiger partial charge in [0.25, 0.3) is 0 Å². The van der Waals surface area contributed by atoms with Gasteiger partial charge >= 0.3 is 0 Å². The third-order valence-corrected chi connectivity index (χ3v) is 5.72. The van der Waals surface area contributed by atoms with E-state index >= 15 is 0 Å². The van der Waals surface area contributed by atoms with Crippen LogP contribution in [-0.4, -0.2) is 12.6 Å². The van der Waals surface area contributed by atoms with Gasteiger partial charge in [-0.15, -0.1) is 0 Å². The van der Waals surface area contributed by atoms with E-state index in [0.717, 1.165) is 23.8 Å². The second kappa shape index (κ2) is 5.97. The van der Waals surface area contributed by atoms with Crippen molar-refractivity contribution in [2.45, 2.75) is 51.0 Å². The van der Waals surface area contributed by atoms with Gasteiger partial charge in [-0.1, -0.05) is 47.8 Å². The summed E-state index contributed by atoms with van der Waals surface area (Å²) in [6.45, 7) is 3.67. The zero-order chi connectivity index (χ0) is 13.2. The summed E-state index contributed by atoms with van der Waals surface area (Å²) in [5, 5.41) is 3.79. The van der Waals surface area contributed by atoms with Gasteiger partial charge in [-0.05, 0) is 61.3 Å². The van der Waals surface area contributed by atoms with Gasteiger partial charge in [-0.25, -0.2) is 0 Å². The average Bonchev–Trinajstić information content (AvgIpc) is 2.75. The number of rotatable bonds is 4. The van der Waals surface area contributed by atoms with E-state index in [1.165, 1.54) is 48.7 Å². The number of hydrogen-bond acceptors (Lipinski definition) is 1. The number of halogens is 1. The van der Waals surface area contributed by atoms with Crippen molar-refractivity contribution >= 4 is 15.9 Å². The minimum atomic E-state index is 0.765. The van der Waals surface area contributed by atoms with Crippen molar-refractivity contribution in [1.82, 2.24) is 5.32 Å². The molecule has 1 aromatic carbocycles. The summed E-state index contributed by atoms with van der Waals surface area (Å²) in [5.41, 5.74) is 1.51. The highest BCUT2D eigenvalue weighted by molar-refractivity contribution is 9.10. The van der Waals surface area contributed by atoms with Crippen LogP contribution >= 0.6 is 15.9 Å². The van der Waals surface area contributed by atoms with E-state index in [9.17, 15) is 0 Å². The van der Waals surface area contributed by atoms with Gasteiger partial charge in [0.15, 0.2) is 0 Å². The summed E-state index contributed by atoms with van der Waals surface area (Å²) >= 11 is 3.50. The van der Waals surface area contributed by atoms with E-state index in [1.807, 2.05) is 0 Å². The molecule has 2 saturated carbocycles. The number of hydrogen-bond donors (Lipinski definition) is 1. The van der Waals surface area contributed by atoms with Crippen LogP contribution in [0.15, 0.2) is 28.7 Å². The Balaban J connectivity index is 1.41. The van der Waals surface area contributed by atoms with Crippen LogP contribution in [0, 0.1) is 11.8 Å². The molecule has 104 valence electrons. The smallest absolute Gasteiger partial charge is 0.0175 e. The fraction of sp³-hybridized carbons (Fsp3) is 0.647. The first-order valence-corrected chi connectivity index (χ1v) is 8.50. The van der Waals surface area contributed by atoms with Gasteiger partial charge in [0.1, 0.15) is 0 Å². The van der Waals surface area contributed by atoms with E-state index in [1.54, 1.807) is 0 Å². The molecule has 0 aliphatic heterocycles. The van der Waals surface area contributed by atoms with Crippen molar-refractivity contribution in [2.75, 3.05) is 6.54 Å². The second-order valence-electron chi connectivity index (χ2n) is 6.49. The van der Waals surface area contributed by atoms with Crippen LogP contribution in [0.3, 0.4) is 0 Å². The molecule has 1 aromatic rings. The molecular weight excluding hydrogens is 298 g/mol. The summed E-state index contributed by atoms with van der Waals surface area (Å²) in [6.07, 6.45) is 6.97. The van der Waals surface area contributed by atoms with Crippen LogP contribution < -0.4 is 5.32 Å². The maximum atomic E-state index is 3.79. The van der Waals surface area contributed by atoms with Crippen LogP contribution in [0.4, 0.5) is 0 Å². The molecule has 0 spiro atoms.